The van der Waals surface area contributed by atoms with Crippen LogP contribution < -0.4 is 19.5 Å². The van der Waals surface area contributed by atoms with Crippen LogP contribution in [-0.2, 0) is 4.74 Å². The summed E-state index contributed by atoms with van der Waals surface area (Å²) in [6.07, 6.45) is -1.44. The van der Waals surface area contributed by atoms with Crippen molar-refractivity contribution in [3.63, 3.8) is 0 Å². The summed E-state index contributed by atoms with van der Waals surface area (Å²) < 4.78 is 24.2. The van der Waals surface area contributed by atoms with E-state index in [2.05, 4.69) is 10.4 Å². The maximum absolute atomic E-state index is 12.6. The molecule has 0 bridgehead atoms. The molecule has 0 saturated heterocycles. The van der Waals surface area contributed by atoms with Crippen molar-refractivity contribution in [1.29, 1.82) is 0 Å². The number of nitrogens with one attached hydrogen (secondary N) is 1. The number of aryl methyl sites for hydroxylation is 1. The average Bonchev–Trinajstić information content (AvgIpc) is 3.14. The summed E-state index contributed by atoms with van der Waals surface area (Å²) in [6, 6.07) is 12.9. The first-order valence-electron chi connectivity index (χ1n) is 11.3. The van der Waals surface area contributed by atoms with Crippen molar-refractivity contribution < 1.29 is 28.8 Å². The van der Waals surface area contributed by atoms with E-state index in [1.54, 1.807) is 45.9 Å². The number of ether oxygens (including phenoxy) is 4. The Balaban J connectivity index is 1.31. The second kappa shape index (κ2) is 9.90. The van der Waals surface area contributed by atoms with Crippen molar-refractivity contribution in [2.45, 2.75) is 45.5 Å². The highest BCUT2D eigenvalue weighted by Gasteiger charge is 2.23. The normalized spacial score (nSPS) is 16.3. The molecule has 0 radical (unpaired) electrons. The molecule has 182 valence electrons. The van der Waals surface area contributed by atoms with Gasteiger partial charge in [-0.1, -0.05) is 18.2 Å². The predicted octanol–water partition coefficient (Wildman–Crippen LogP) is 3.30. The van der Waals surface area contributed by atoms with E-state index < -0.39 is 17.8 Å². The number of nitrogens with zero attached hydrogens (tertiary/aromatic N) is 2. The van der Waals surface area contributed by atoms with E-state index in [9.17, 15) is 9.90 Å². The molecule has 0 amide bonds. The second-order valence-electron chi connectivity index (χ2n) is 9.25. The van der Waals surface area contributed by atoms with Gasteiger partial charge in [0.1, 0.15) is 36.8 Å². The van der Waals surface area contributed by atoms with Gasteiger partial charge in [0.05, 0.1) is 16.6 Å². The second-order valence-corrected chi connectivity index (χ2v) is 9.25. The fourth-order valence-corrected chi connectivity index (χ4v) is 3.70. The first-order valence-corrected chi connectivity index (χ1v) is 11.3. The summed E-state index contributed by atoms with van der Waals surface area (Å²) in [7, 11) is 0. The molecule has 2 aromatic carbocycles. The molecule has 0 saturated carbocycles. The van der Waals surface area contributed by atoms with Gasteiger partial charge < -0.3 is 29.4 Å². The number of carbonyl (C=O) groups excluding carboxylic acids is 1. The number of aliphatic hydroxyl groups excluding tert-OH is 1. The fraction of sp³-hybridized carbons (Fsp3) is 0.440. The van der Waals surface area contributed by atoms with Gasteiger partial charge in [-0.05, 0) is 52.0 Å². The van der Waals surface area contributed by atoms with Crippen molar-refractivity contribution in [3.05, 3.63) is 48.2 Å². The van der Waals surface area contributed by atoms with Crippen LogP contribution in [0.3, 0.4) is 0 Å². The Morgan fingerprint density at radius 2 is 2.00 bits per heavy atom. The number of para-hydroxylation sites is 2. The summed E-state index contributed by atoms with van der Waals surface area (Å²) in [5.74, 6) is 2.01. The molecule has 0 spiro atoms. The Bertz CT molecular complexity index is 1150. The first-order chi connectivity index (χ1) is 16.2. The highest BCUT2D eigenvalue weighted by atomic mass is 16.6. The van der Waals surface area contributed by atoms with E-state index in [1.165, 1.54) is 4.68 Å². The van der Waals surface area contributed by atoms with Crippen molar-refractivity contribution in [3.8, 4) is 17.2 Å². The molecule has 1 aromatic heterocycles. The lowest BCUT2D eigenvalue weighted by Gasteiger charge is -2.27. The molecule has 0 aliphatic carbocycles. The van der Waals surface area contributed by atoms with E-state index in [0.29, 0.717) is 42.0 Å². The lowest BCUT2D eigenvalue weighted by molar-refractivity contribution is 0.0522. The molecule has 1 unspecified atom stereocenters. The maximum Gasteiger partial charge on any atom is 0.435 e. The molecule has 2 atom stereocenters. The molecule has 9 nitrogen and oxygen atoms in total. The van der Waals surface area contributed by atoms with Gasteiger partial charge in [-0.15, -0.1) is 0 Å². The minimum atomic E-state index is -0.742. The smallest absolute Gasteiger partial charge is 0.435 e. The lowest BCUT2D eigenvalue weighted by Crippen LogP contribution is -2.41. The zero-order valence-corrected chi connectivity index (χ0v) is 19.9. The molecule has 4 rings (SSSR count). The standard InChI is InChI=1S/C25H31N3O6/c1-16-23-19(28(27-16)24(30)34-25(2,3)4)8-7-11-22(23)31-14-17(29)12-26-13-18-15-32-20-9-5-6-10-21(20)33-18/h5-11,17-18,26,29H,12-15H2,1-4H3/t17-,18?/m0/s1. The van der Waals surface area contributed by atoms with E-state index >= 15 is 0 Å². The van der Waals surface area contributed by atoms with Gasteiger partial charge in [-0.2, -0.15) is 9.78 Å². The van der Waals surface area contributed by atoms with E-state index in [-0.39, 0.29) is 12.7 Å². The first kappa shape index (κ1) is 23.8. The Morgan fingerprint density at radius 3 is 2.76 bits per heavy atom. The third kappa shape index (κ3) is 5.60. The molecule has 2 N–H and O–H groups in total. The summed E-state index contributed by atoms with van der Waals surface area (Å²) in [6.45, 7) is 8.60. The van der Waals surface area contributed by atoms with Crippen LogP contribution in [0.4, 0.5) is 4.79 Å². The molecule has 2 heterocycles. The number of hydrogen-bond donors (Lipinski definition) is 2. The van der Waals surface area contributed by atoms with Crippen LogP contribution in [-0.4, -0.2) is 65.1 Å². The molecule has 0 fully saturated rings. The zero-order valence-electron chi connectivity index (χ0n) is 19.9. The monoisotopic (exact) mass is 469 g/mol. The average molecular weight is 470 g/mol. The van der Waals surface area contributed by atoms with Gasteiger partial charge in [0.15, 0.2) is 11.5 Å². The summed E-state index contributed by atoms with van der Waals surface area (Å²) in [4.78, 5) is 12.6. The topological polar surface area (TPSA) is 104 Å². The third-order valence-electron chi connectivity index (χ3n) is 5.16. The van der Waals surface area contributed by atoms with Crippen molar-refractivity contribution in [2.75, 3.05) is 26.3 Å². The fourth-order valence-electron chi connectivity index (χ4n) is 3.70. The Morgan fingerprint density at radius 1 is 1.24 bits per heavy atom. The predicted molar refractivity (Wildman–Crippen MR) is 127 cm³/mol. The van der Waals surface area contributed by atoms with Crippen molar-refractivity contribution >= 4 is 17.0 Å². The van der Waals surface area contributed by atoms with Crippen molar-refractivity contribution in [1.82, 2.24) is 15.1 Å². The number of benzene rings is 2. The van der Waals surface area contributed by atoms with Gasteiger partial charge in [-0.3, -0.25) is 0 Å². The number of rotatable bonds is 7. The number of carbonyl (C=O) groups is 1. The Hall–Kier alpha value is -3.30. The quantitative estimate of drug-likeness (QED) is 0.543. The largest absolute Gasteiger partial charge is 0.490 e. The van der Waals surface area contributed by atoms with Crippen LogP contribution in [0.25, 0.3) is 10.9 Å². The summed E-state index contributed by atoms with van der Waals surface area (Å²) in [5, 5.41) is 18.7. The van der Waals surface area contributed by atoms with E-state index in [1.807, 2.05) is 24.3 Å². The number of hydrogen-bond acceptors (Lipinski definition) is 8. The van der Waals surface area contributed by atoms with Crippen LogP contribution in [0.1, 0.15) is 26.5 Å². The van der Waals surface area contributed by atoms with Gasteiger partial charge in [-0.25, -0.2) is 4.79 Å². The Kier molecular flexibility index (Phi) is 6.95. The van der Waals surface area contributed by atoms with E-state index in [4.69, 9.17) is 18.9 Å². The molecule has 34 heavy (non-hydrogen) atoms. The van der Waals surface area contributed by atoms with Crippen LogP contribution in [0, 0.1) is 6.92 Å². The maximum atomic E-state index is 12.6. The number of fused-ring (bicyclic) bond motifs is 2. The summed E-state index contributed by atoms with van der Waals surface area (Å²) in [5.41, 5.74) is 0.595. The highest BCUT2D eigenvalue weighted by Crippen LogP contribution is 2.31. The van der Waals surface area contributed by atoms with Gasteiger partial charge in [0.25, 0.3) is 0 Å². The van der Waals surface area contributed by atoms with Crippen LogP contribution >= 0.6 is 0 Å². The van der Waals surface area contributed by atoms with Crippen LogP contribution in [0.15, 0.2) is 42.5 Å². The highest BCUT2D eigenvalue weighted by molar-refractivity contribution is 5.93. The van der Waals surface area contributed by atoms with Gasteiger partial charge >= 0.3 is 6.09 Å². The molecular weight excluding hydrogens is 438 g/mol. The van der Waals surface area contributed by atoms with Crippen molar-refractivity contribution in [2.24, 2.45) is 0 Å². The van der Waals surface area contributed by atoms with E-state index in [0.717, 1.165) is 11.5 Å². The third-order valence-corrected chi connectivity index (χ3v) is 5.16. The minimum absolute atomic E-state index is 0.0774. The van der Waals surface area contributed by atoms with Crippen LogP contribution in [0.5, 0.6) is 17.2 Å². The zero-order chi connectivity index (χ0) is 24.3. The molecule has 1 aliphatic heterocycles. The molecule has 3 aromatic rings. The lowest BCUT2D eigenvalue weighted by atomic mass is 10.2. The summed E-state index contributed by atoms with van der Waals surface area (Å²) >= 11 is 0. The molecule has 9 heteroatoms. The SMILES string of the molecule is Cc1nn(C(=O)OC(C)(C)C)c2cccc(OC[C@@H](O)CNCC3COc4ccccc4O3)c12. The molecular formula is C25H31N3O6. The Labute approximate surface area is 198 Å². The van der Waals surface area contributed by atoms with Gasteiger partial charge in [0, 0.05) is 13.1 Å². The van der Waals surface area contributed by atoms with Gasteiger partial charge in [0.2, 0.25) is 0 Å². The minimum Gasteiger partial charge on any atom is -0.490 e. The number of aliphatic hydroxyl groups is 1. The number of aromatic nitrogens is 2. The molecule has 1 aliphatic rings. The van der Waals surface area contributed by atoms with Crippen LogP contribution in [0.2, 0.25) is 0 Å².